The third kappa shape index (κ3) is 5.76. The second-order valence-electron chi connectivity index (χ2n) is 2.94. The van der Waals surface area contributed by atoms with Gasteiger partial charge in [-0.2, -0.15) is 0 Å². The van der Waals surface area contributed by atoms with Crippen molar-refractivity contribution in [3.63, 3.8) is 0 Å². The van der Waals surface area contributed by atoms with Gasteiger partial charge in [-0.25, -0.2) is 0 Å². The summed E-state index contributed by atoms with van der Waals surface area (Å²) in [6, 6.07) is 0. The lowest BCUT2D eigenvalue weighted by atomic mass is 10.6. The molecular weight excluding hydrogens is 349 g/mol. The molecule has 0 N–H and O–H groups in total. The second kappa shape index (κ2) is 8.89. The summed E-state index contributed by atoms with van der Waals surface area (Å²) in [4.78, 5) is 18.6. The van der Waals surface area contributed by atoms with Gasteiger partial charge in [-0.3, -0.25) is 24.8 Å². The Hall–Kier alpha value is -0.180. The first-order valence-corrected chi connectivity index (χ1v) is 7.83. The largest absolute Gasteiger partial charge is 0.478 e. The van der Waals surface area contributed by atoms with Crippen molar-refractivity contribution in [3.8, 4) is 0 Å². The van der Waals surface area contributed by atoms with Crippen LogP contribution in [0.1, 0.15) is 0 Å². The van der Waals surface area contributed by atoms with Crippen molar-refractivity contribution in [3.05, 3.63) is 20.2 Å². The molecule has 112 valence electrons. The van der Waals surface area contributed by atoms with E-state index in [4.69, 9.17) is 43.9 Å². The van der Waals surface area contributed by atoms with E-state index in [0.29, 0.717) is 0 Å². The quantitative estimate of drug-likeness (QED) is 0.192. The van der Waals surface area contributed by atoms with E-state index in [1.807, 2.05) is 0 Å². The zero-order valence-corrected chi connectivity index (χ0v) is 12.5. The van der Waals surface area contributed by atoms with Gasteiger partial charge in [-0.1, -0.05) is 11.6 Å². The summed E-state index contributed by atoms with van der Waals surface area (Å²) in [5.74, 6) is -0.196. The Morgan fingerprint density at radius 3 is 1.68 bits per heavy atom. The van der Waals surface area contributed by atoms with Crippen LogP contribution in [0.2, 0.25) is 0 Å². The highest BCUT2D eigenvalue weighted by atomic mass is 35.5. The Morgan fingerprint density at radius 1 is 1.05 bits per heavy atom. The molecule has 0 aliphatic heterocycles. The van der Waals surface area contributed by atoms with Gasteiger partial charge in [0.2, 0.25) is 0 Å². The van der Waals surface area contributed by atoms with Crippen LogP contribution in [0, 0.1) is 20.2 Å². The van der Waals surface area contributed by atoms with E-state index in [0.717, 1.165) is 0 Å². The molecule has 0 bridgehead atoms. The van der Waals surface area contributed by atoms with Crippen molar-refractivity contribution in [1.29, 1.82) is 0 Å². The number of hydrogen-bond donors (Lipinski definition) is 0. The van der Waals surface area contributed by atoms with Gasteiger partial charge in [-0.05, 0) is 0 Å². The number of hydrogen-bond acceptors (Lipinski definition) is 7. The third-order valence-electron chi connectivity index (χ3n) is 1.68. The highest BCUT2D eigenvalue weighted by Crippen LogP contribution is 2.56. The molecule has 0 saturated carbocycles. The van der Waals surface area contributed by atoms with Gasteiger partial charge in [-0.15, -0.1) is 23.2 Å². The van der Waals surface area contributed by atoms with Gasteiger partial charge < -0.3 is 9.05 Å². The minimum absolute atomic E-state index is 0.0978. The monoisotopic (exact) mass is 358 g/mol. The normalized spacial score (nSPS) is 13.5. The van der Waals surface area contributed by atoms with Crippen LogP contribution in [0.3, 0.4) is 0 Å². The summed E-state index contributed by atoms with van der Waals surface area (Å²) in [5, 5.41) is 19.0. The lowest BCUT2D eigenvalue weighted by molar-refractivity contribution is -0.738. The molecule has 0 radical (unpaired) electrons. The zero-order chi connectivity index (χ0) is 15.1. The highest BCUT2D eigenvalue weighted by molar-refractivity contribution is 7.56. The molecule has 0 aliphatic carbocycles. The van der Waals surface area contributed by atoms with Crippen molar-refractivity contribution >= 4 is 42.4 Å². The summed E-state index contributed by atoms with van der Waals surface area (Å²) < 4.78 is 21.6. The standard InChI is InChI=1S/C6H10Cl3N2O7P/c7-1-3-17-19(16,18-4-2-8)5(9)6(10(12)13)11(14)15/h5-6H,1-4H2. The molecule has 0 spiro atoms. The highest BCUT2D eigenvalue weighted by Gasteiger charge is 2.54. The van der Waals surface area contributed by atoms with Gasteiger partial charge in [0.1, 0.15) is 0 Å². The minimum Gasteiger partial charge on any atom is -0.306 e. The number of nitrogens with zero attached hydrogens (tertiary/aromatic N) is 2. The molecule has 0 saturated heterocycles. The van der Waals surface area contributed by atoms with Crippen LogP contribution in [0.5, 0.6) is 0 Å². The fourth-order valence-electron chi connectivity index (χ4n) is 0.944. The Kier molecular flexibility index (Phi) is 8.80. The van der Waals surface area contributed by atoms with E-state index in [2.05, 4.69) is 0 Å². The second-order valence-corrected chi connectivity index (χ2v) is 6.62. The van der Waals surface area contributed by atoms with Gasteiger partial charge >= 0.3 is 13.8 Å². The molecule has 0 fully saturated rings. The topological polar surface area (TPSA) is 122 Å². The Balaban J connectivity index is 5.16. The molecule has 9 nitrogen and oxygen atoms in total. The Labute approximate surface area is 122 Å². The number of rotatable bonds is 10. The molecule has 0 heterocycles. The molecule has 0 aromatic carbocycles. The van der Waals surface area contributed by atoms with Gasteiger partial charge in [0.15, 0.2) is 0 Å². The maximum Gasteiger partial charge on any atom is 0.478 e. The average Bonchev–Trinajstić information content (AvgIpc) is 2.32. The Morgan fingerprint density at radius 2 is 1.42 bits per heavy atom. The van der Waals surface area contributed by atoms with Crippen molar-refractivity contribution < 1.29 is 23.5 Å². The molecule has 1 atom stereocenters. The van der Waals surface area contributed by atoms with E-state index < -0.39 is 28.7 Å². The predicted molar refractivity (Wildman–Crippen MR) is 68.4 cm³/mol. The van der Waals surface area contributed by atoms with Crippen LogP contribution in [0.15, 0.2) is 0 Å². The van der Waals surface area contributed by atoms with Crippen molar-refractivity contribution in [2.24, 2.45) is 0 Å². The number of alkyl halides is 3. The molecule has 13 heteroatoms. The smallest absolute Gasteiger partial charge is 0.306 e. The van der Waals surface area contributed by atoms with Crippen LogP contribution in [0.25, 0.3) is 0 Å². The van der Waals surface area contributed by atoms with E-state index in [-0.39, 0.29) is 25.0 Å². The first-order chi connectivity index (χ1) is 8.80. The summed E-state index contributed by atoms with van der Waals surface area (Å²) >= 11 is 16.2. The van der Waals surface area contributed by atoms with Crippen molar-refractivity contribution in [1.82, 2.24) is 0 Å². The summed E-state index contributed by atoms with van der Waals surface area (Å²) in [7, 11) is -4.29. The maximum atomic E-state index is 12.2. The fourth-order valence-corrected chi connectivity index (χ4v) is 3.43. The molecular formula is C6H10Cl3N2O7P. The van der Waals surface area contributed by atoms with Crippen LogP contribution in [0.4, 0.5) is 0 Å². The summed E-state index contributed by atoms with van der Waals surface area (Å²) in [5.41, 5.74) is 0. The lowest BCUT2D eigenvalue weighted by Gasteiger charge is -2.20. The predicted octanol–water partition coefficient (Wildman–Crippen LogP) is 2.13. The van der Waals surface area contributed by atoms with E-state index >= 15 is 0 Å². The van der Waals surface area contributed by atoms with Crippen LogP contribution in [-0.4, -0.2) is 46.1 Å². The summed E-state index contributed by atoms with van der Waals surface area (Å²) in [6.07, 6.45) is -2.53. The molecule has 1 unspecified atom stereocenters. The van der Waals surface area contributed by atoms with Crippen LogP contribution < -0.4 is 0 Å². The van der Waals surface area contributed by atoms with Crippen LogP contribution >= 0.6 is 42.4 Å². The molecule has 0 aromatic heterocycles. The van der Waals surface area contributed by atoms with Crippen molar-refractivity contribution in [2.45, 2.75) is 11.3 Å². The molecule has 0 aromatic rings. The lowest BCUT2D eigenvalue weighted by Crippen LogP contribution is -2.38. The maximum absolute atomic E-state index is 12.2. The van der Waals surface area contributed by atoms with Gasteiger partial charge in [0.25, 0.3) is 5.12 Å². The Bertz CT molecular complexity index is 345. The van der Waals surface area contributed by atoms with Crippen molar-refractivity contribution in [2.75, 3.05) is 25.0 Å². The first-order valence-electron chi connectivity index (χ1n) is 4.72. The van der Waals surface area contributed by atoms with E-state index in [1.165, 1.54) is 0 Å². The molecule has 19 heavy (non-hydrogen) atoms. The fraction of sp³-hybridized carbons (Fsp3) is 1.00. The number of halogens is 3. The molecule has 0 rings (SSSR count). The third-order valence-corrected chi connectivity index (χ3v) is 4.88. The summed E-state index contributed by atoms with van der Waals surface area (Å²) in [6.45, 7) is -0.598. The van der Waals surface area contributed by atoms with Gasteiger partial charge in [0, 0.05) is 11.8 Å². The minimum atomic E-state index is -4.29. The molecule has 0 amide bonds. The first kappa shape index (κ1) is 18.8. The average molecular weight is 359 g/mol. The van der Waals surface area contributed by atoms with E-state index in [1.54, 1.807) is 0 Å². The van der Waals surface area contributed by atoms with Crippen LogP contribution in [-0.2, 0) is 13.6 Å². The zero-order valence-electron chi connectivity index (χ0n) is 9.32. The SMILES string of the molecule is O=[N+]([O-])C(C(Cl)P(=O)(OCCCl)OCCCl)[N+](=O)[O-]. The van der Waals surface area contributed by atoms with E-state index in [9.17, 15) is 24.8 Å². The van der Waals surface area contributed by atoms with Gasteiger partial charge in [0.05, 0.1) is 23.1 Å². The number of nitro groups is 2. The molecule has 0 aliphatic rings.